The van der Waals surface area contributed by atoms with Gasteiger partial charge in [0.1, 0.15) is 17.2 Å². The van der Waals surface area contributed by atoms with Gasteiger partial charge in [0, 0.05) is 67.6 Å². The Hall–Kier alpha value is -4.23. The van der Waals surface area contributed by atoms with Crippen molar-refractivity contribution in [2.45, 2.75) is 20.0 Å². The number of Topliss-reactive ketones (excluding diaryl/α,β-unsaturated/α-hetero) is 1. The van der Waals surface area contributed by atoms with Crippen LogP contribution in [-0.4, -0.2) is 53.6 Å². The maximum atomic E-state index is 13.4. The number of hydrogen-bond acceptors (Lipinski definition) is 6. The Balaban J connectivity index is 1.26. The van der Waals surface area contributed by atoms with Crippen molar-refractivity contribution in [1.29, 1.82) is 0 Å². The molecule has 194 valence electrons. The van der Waals surface area contributed by atoms with Crippen LogP contribution < -0.4 is 14.4 Å². The number of methoxy groups -OCH3 is 1. The summed E-state index contributed by atoms with van der Waals surface area (Å²) in [5.41, 5.74) is 4.33. The molecule has 7 heteroatoms. The van der Waals surface area contributed by atoms with Crippen molar-refractivity contribution in [2.24, 2.45) is 0 Å². The van der Waals surface area contributed by atoms with Crippen molar-refractivity contribution in [3.05, 3.63) is 89.3 Å². The van der Waals surface area contributed by atoms with Gasteiger partial charge in [-0.1, -0.05) is 18.2 Å². The summed E-state index contributed by atoms with van der Waals surface area (Å²) < 4.78 is 13.8. The first-order chi connectivity index (χ1) is 18.6. The number of rotatable bonds is 6. The van der Waals surface area contributed by atoms with Crippen LogP contribution in [0.3, 0.4) is 0 Å². The van der Waals surface area contributed by atoms with E-state index in [4.69, 9.17) is 9.47 Å². The first-order valence-corrected chi connectivity index (χ1v) is 13.0. The number of para-hydroxylation sites is 1. The van der Waals surface area contributed by atoms with E-state index in [1.807, 2.05) is 30.5 Å². The number of phenolic OH excluding ortho intramolecular Hbond substituents is 1. The summed E-state index contributed by atoms with van der Waals surface area (Å²) in [6.45, 7) is 6.91. The third-order valence-corrected chi connectivity index (χ3v) is 7.54. The van der Waals surface area contributed by atoms with Gasteiger partial charge in [0.25, 0.3) is 0 Å². The predicted molar refractivity (Wildman–Crippen MR) is 149 cm³/mol. The van der Waals surface area contributed by atoms with Gasteiger partial charge in [-0.2, -0.15) is 0 Å². The summed E-state index contributed by atoms with van der Waals surface area (Å²) in [6.07, 6.45) is 3.83. The smallest absolute Gasteiger partial charge is 0.231 e. The number of benzene rings is 3. The highest BCUT2D eigenvalue weighted by Gasteiger charge is 2.32. The number of ketones is 1. The third kappa shape index (κ3) is 4.29. The lowest BCUT2D eigenvalue weighted by molar-refractivity contribution is 0.101. The lowest BCUT2D eigenvalue weighted by atomic mass is 10.0. The first-order valence-electron chi connectivity index (χ1n) is 13.0. The molecule has 2 aliphatic heterocycles. The third-order valence-electron chi connectivity index (χ3n) is 7.54. The zero-order valence-corrected chi connectivity index (χ0v) is 21.7. The highest BCUT2D eigenvalue weighted by molar-refractivity contribution is 6.15. The number of carbonyl (C=O) groups excluding carboxylic acids is 1. The summed E-state index contributed by atoms with van der Waals surface area (Å²) >= 11 is 0. The molecule has 38 heavy (non-hydrogen) atoms. The molecule has 0 atom stereocenters. The van der Waals surface area contributed by atoms with Crippen LogP contribution in [0.25, 0.3) is 17.0 Å². The maximum Gasteiger partial charge on any atom is 0.231 e. The highest BCUT2D eigenvalue weighted by Crippen LogP contribution is 2.41. The molecular weight excluding hydrogens is 478 g/mol. The minimum Gasteiger partial charge on any atom is -0.507 e. The molecule has 3 heterocycles. The van der Waals surface area contributed by atoms with Crippen molar-refractivity contribution < 1.29 is 19.4 Å². The number of phenols is 1. The van der Waals surface area contributed by atoms with E-state index < -0.39 is 0 Å². The number of carbonyl (C=O) groups is 1. The molecule has 1 N–H and O–H groups in total. The molecule has 0 aliphatic carbocycles. The van der Waals surface area contributed by atoms with Crippen LogP contribution in [0.5, 0.6) is 17.2 Å². The quantitative estimate of drug-likeness (QED) is 0.355. The normalized spacial score (nSPS) is 16.7. The maximum absolute atomic E-state index is 13.4. The molecule has 6 rings (SSSR count). The number of nitrogens with zero attached hydrogens (tertiary/aromatic N) is 3. The number of aryl methyl sites for hydroxylation is 1. The van der Waals surface area contributed by atoms with E-state index in [1.165, 1.54) is 5.69 Å². The first kappa shape index (κ1) is 24.1. The van der Waals surface area contributed by atoms with Gasteiger partial charge >= 0.3 is 0 Å². The van der Waals surface area contributed by atoms with E-state index in [2.05, 4.69) is 45.6 Å². The molecule has 0 spiro atoms. The summed E-state index contributed by atoms with van der Waals surface area (Å²) in [6, 6.07) is 19.6. The average Bonchev–Trinajstić information content (AvgIpc) is 3.47. The molecule has 0 saturated carbocycles. The van der Waals surface area contributed by atoms with E-state index in [0.717, 1.165) is 54.9 Å². The van der Waals surface area contributed by atoms with Crippen molar-refractivity contribution in [3.63, 3.8) is 0 Å². The molecule has 0 amide bonds. The zero-order valence-electron chi connectivity index (χ0n) is 21.7. The Labute approximate surface area is 222 Å². The second kappa shape index (κ2) is 9.91. The van der Waals surface area contributed by atoms with Gasteiger partial charge in [0.05, 0.1) is 18.2 Å². The van der Waals surface area contributed by atoms with Crippen LogP contribution in [0.1, 0.15) is 28.4 Å². The summed E-state index contributed by atoms with van der Waals surface area (Å²) in [7, 11) is 1.64. The zero-order chi connectivity index (χ0) is 26.2. The van der Waals surface area contributed by atoms with Crippen LogP contribution in [0, 0.1) is 0 Å². The Morgan fingerprint density at radius 1 is 1.03 bits per heavy atom. The SMILES string of the molecule is CCn1cc(/C=C2/Oc3c(ccc(O)c3CN3CCN(c4ccccc4)CC3)C2=O)c2cc(OC)ccc21. The standard InChI is InChI=1S/C31H31N3O4/c1-3-33-19-21(25-18-23(37-2)9-11-27(25)33)17-29-30(36)24-10-12-28(35)26(31(24)38-29)20-32-13-15-34(16-14-32)22-7-5-4-6-8-22/h4-12,17-19,35H,3,13-16,20H2,1-2H3/b29-17+. The second-order valence-corrected chi connectivity index (χ2v) is 9.73. The minimum atomic E-state index is -0.171. The van der Waals surface area contributed by atoms with Crippen molar-refractivity contribution in [2.75, 3.05) is 38.2 Å². The van der Waals surface area contributed by atoms with E-state index in [-0.39, 0.29) is 17.3 Å². The fourth-order valence-corrected chi connectivity index (χ4v) is 5.42. The predicted octanol–water partition coefficient (Wildman–Crippen LogP) is 5.31. The van der Waals surface area contributed by atoms with Crippen molar-refractivity contribution in [3.8, 4) is 17.2 Å². The molecule has 1 saturated heterocycles. The van der Waals surface area contributed by atoms with Crippen LogP contribution in [-0.2, 0) is 13.1 Å². The van der Waals surface area contributed by atoms with Crippen LogP contribution >= 0.6 is 0 Å². The fraction of sp³-hybridized carbons (Fsp3) is 0.258. The monoisotopic (exact) mass is 509 g/mol. The molecule has 0 unspecified atom stereocenters. The van der Waals surface area contributed by atoms with Gasteiger partial charge in [-0.05, 0) is 55.5 Å². The summed E-state index contributed by atoms with van der Waals surface area (Å²) in [5.74, 6) is 1.46. The summed E-state index contributed by atoms with van der Waals surface area (Å²) in [4.78, 5) is 18.0. The molecule has 0 bridgehead atoms. The van der Waals surface area contributed by atoms with Crippen molar-refractivity contribution in [1.82, 2.24) is 9.47 Å². The van der Waals surface area contributed by atoms with Gasteiger partial charge in [-0.3, -0.25) is 9.69 Å². The Kier molecular flexibility index (Phi) is 6.29. The van der Waals surface area contributed by atoms with Crippen LogP contribution in [0.15, 0.2) is 72.6 Å². The van der Waals surface area contributed by atoms with Crippen LogP contribution in [0.2, 0.25) is 0 Å². The number of fused-ring (bicyclic) bond motifs is 2. The second-order valence-electron chi connectivity index (χ2n) is 9.73. The molecule has 7 nitrogen and oxygen atoms in total. The number of anilines is 1. The molecular formula is C31H31N3O4. The van der Waals surface area contributed by atoms with Gasteiger partial charge in [0.15, 0.2) is 5.76 Å². The number of hydrogen-bond donors (Lipinski definition) is 1. The minimum absolute atomic E-state index is 0.149. The highest BCUT2D eigenvalue weighted by atomic mass is 16.5. The van der Waals surface area contributed by atoms with E-state index in [9.17, 15) is 9.90 Å². The Bertz CT molecular complexity index is 1530. The van der Waals surface area contributed by atoms with E-state index >= 15 is 0 Å². The molecule has 0 radical (unpaired) electrons. The number of aromatic nitrogens is 1. The topological polar surface area (TPSA) is 67.2 Å². The number of piperazine rings is 1. The number of aromatic hydroxyl groups is 1. The van der Waals surface area contributed by atoms with E-state index in [1.54, 1.807) is 25.3 Å². The molecule has 1 fully saturated rings. The Morgan fingerprint density at radius 3 is 2.55 bits per heavy atom. The number of allylic oxidation sites excluding steroid dienone is 1. The molecule has 4 aromatic rings. The van der Waals surface area contributed by atoms with Gasteiger partial charge in [0.2, 0.25) is 5.78 Å². The Morgan fingerprint density at radius 2 is 1.82 bits per heavy atom. The largest absolute Gasteiger partial charge is 0.507 e. The van der Waals surface area contributed by atoms with Gasteiger partial charge < -0.3 is 24.0 Å². The van der Waals surface area contributed by atoms with E-state index in [0.29, 0.717) is 23.4 Å². The molecule has 2 aliphatic rings. The number of ether oxygens (including phenoxy) is 2. The van der Waals surface area contributed by atoms with Gasteiger partial charge in [-0.25, -0.2) is 0 Å². The summed E-state index contributed by atoms with van der Waals surface area (Å²) in [5, 5.41) is 11.8. The average molecular weight is 510 g/mol. The molecule has 3 aromatic carbocycles. The van der Waals surface area contributed by atoms with Crippen molar-refractivity contribution >= 4 is 28.4 Å². The lowest BCUT2D eigenvalue weighted by Gasteiger charge is -2.36. The van der Waals surface area contributed by atoms with Crippen LogP contribution in [0.4, 0.5) is 5.69 Å². The lowest BCUT2D eigenvalue weighted by Crippen LogP contribution is -2.46. The fourth-order valence-electron chi connectivity index (χ4n) is 5.42. The van der Waals surface area contributed by atoms with Gasteiger partial charge in [-0.15, -0.1) is 0 Å². The molecule has 1 aromatic heterocycles.